The Morgan fingerprint density at radius 1 is 1.14 bits per heavy atom. The van der Waals surface area contributed by atoms with E-state index in [2.05, 4.69) is 14.8 Å². The number of aryl methyl sites for hydroxylation is 1. The summed E-state index contributed by atoms with van der Waals surface area (Å²) >= 11 is -1.31. The zero-order valence-electron chi connectivity index (χ0n) is 19.8. The Balaban J connectivity index is 1.59. The lowest BCUT2D eigenvalue weighted by Crippen LogP contribution is -2.61. The van der Waals surface area contributed by atoms with Crippen molar-refractivity contribution >= 4 is 11.4 Å². The topological polar surface area (TPSA) is 84.3 Å². The van der Waals surface area contributed by atoms with Gasteiger partial charge in [-0.05, 0) is 58.0 Å². The van der Waals surface area contributed by atoms with E-state index in [1.165, 1.54) is 12.1 Å². The van der Waals surface area contributed by atoms with Crippen molar-refractivity contribution in [2.45, 2.75) is 50.7 Å². The van der Waals surface area contributed by atoms with Gasteiger partial charge in [0.1, 0.15) is 16.0 Å². The van der Waals surface area contributed by atoms with Crippen molar-refractivity contribution in [2.75, 3.05) is 13.2 Å². The van der Waals surface area contributed by atoms with Crippen LogP contribution in [0.4, 0.5) is 13.2 Å². The number of hydrogen-bond donors (Lipinski definition) is 1. The summed E-state index contributed by atoms with van der Waals surface area (Å²) in [7, 11) is 0. The SMILES string of the molecule is CCn1nc(-c2cncc(C3(N[S+]([O-])C(C)(C)C)COC3)c2)cc1Oc1ccc(C(F)(F)F)cc1. The van der Waals surface area contributed by atoms with Gasteiger partial charge in [-0.1, -0.05) is 0 Å². The average Bonchev–Trinajstić information content (AvgIpc) is 3.18. The Morgan fingerprint density at radius 2 is 1.83 bits per heavy atom. The number of hydrogen-bond acceptors (Lipinski definition) is 6. The lowest BCUT2D eigenvalue weighted by atomic mass is 9.89. The Kier molecular flexibility index (Phi) is 6.89. The van der Waals surface area contributed by atoms with Gasteiger partial charge in [-0.2, -0.15) is 18.3 Å². The first-order valence-corrected chi connectivity index (χ1v) is 12.2. The number of pyridine rings is 1. The number of nitrogens with zero attached hydrogens (tertiary/aromatic N) is 3. The molecule has 1 unspecified atom stereocenters. The summed E-state index contributed by atoms with van der Waals surface area (Å²) in [6.07, 6.45) is -1.02. The van der Waals surface area contributed by atoms with E-state index >= 15 is 0 Å². The fraction of sp³-hybridized carbons (Fsp3) is 0.417. The second-order valence-electron chi connectivity index (χ2n) is 9.33. The molecule has 3 heterocycles. The van der Waals surface area contributed by atoms with Crippen LogP contribution in [0, 0.1) is 0 Å². The average molecular weight is 509 g/mol. The van der Waals surface area contributed by atoms with Crippen molar-refractivity contribution in [3.63, 3.8) is 0 Å². The summed E-state index contributed by atoms with van der Waals surface area (Å²) in [6.45, 7) is 8.80. The van der Waals surface area contributed by atoms with Crippen LogP contribution in [0.2, 0.25) is 0 Å². The Morgan fingerprint density at radius 3 is 2.37 bits per heavy atom. The van der Waals surface area contributed by atoms with Crippen molar-refractivity contribution in [1.82, 2.24) is 19.5 Å². The molecule has 1 aliphatic heterocycles. The van der Waals surface area contributed by atoms with Crippen LogP contribution in [0.3, 0.4) is 0 Å². The maximum atomic E-state index is 12.8. The summed E-state index contributed by atoms with van der Waals surface area (Å²) < 4.78 is 67.0. The minimum Gasteiger partial charge on any atom is -0.598 e. The summed E-state index contributed by atoms with van der Waals surface area (Å²) in [5.41, 5.74) is 0.785. The highest BCUT2D eigenvalue weighted by Gasteiger charge is 2.47. The van der Waals surface area contributed by atoms with Crippen molar-refractivity contribution in [3.05, 3.63) is 59.9 Å². The molecule has 0 saturated carbocycles. The van der Waals surface area contributed by atoms with Crippen LogP contribution in [0.5, 0.6) is 11.6 Å². The van der Waals surface area contributed by atoms with Crippen LogP contribution in [-0.4, -0.2) is 37.3 Å². The molecular weight excluding hydrogens is 481 g/mol. The van der Waals surface area contributed by atoms with E-state index < -0.39 is 33.4 Å². The van der Waals surface area contributed by atoms with Gasteiger partial charge in [-0.3, -0.25) is 4.98 Å². The molecule has 1 aliphatic rings. The number of nitrogens with one attached hydrogen (secondary N) is 1. The largest absolute Gasteiger partial charge is 0.598 e. The Bertz CT molecular complexity index is 1170. The summed E-state index contributed by atoms with van der Waals surface area (Å²) in [6, 6.07) is 8.15. The molecule has 35 heavy (non-hydrogen) atoms. The molecule has 0 bridgehead atoms. The fourth-order valence-corrected chi connectivity index (χ4v) is 4.34. The smallest absolute Gasteiger partial charge is 0.416 e. The summed E-state index contributed by atoms with van der Waals surface area (Å²) in [5, 5.41) is 4.58. The van der Waals surface area contributed by atoms with Crippen LogP contribution in [0.15, 0.2) is 48.8 Å². The summed E-state index contributed by atoms with van der Waals surface area (Å²) in [5.74, 6) is 0.659. The molecule has 4 rings (SSSR count). The first-order valence-electron chi connectivity index (χ1n) is 11.1. The van der Waals surface area contributed by atoms with Crippen molar-refractivity contribution in [3.8, 4) is 22.9 Å². The number of alkyl halides is 3. The maximum Gasteiger partial charge on any atom is 0.416 e. The third-order valence-corrected chi connectivity index (χ3v) is 7.26. The zero-order valence-corrected chi connectivity index (χ0v) is 20.7. The minimum absolute atomic E-state index is 0.269. The number of aromatic nitrogens is 3. The molecule has 2 aromatic heterocycles. The first-order chi connectivity index (χ1) is 16.4. The van der Waals surface area contributed by atoms with Crippen LogP contribution >= 0.6 is 0 Å². The lowest BCUT2D eigenvalue weighted by Gasteiger charge is -2.43. The Hall–Kier alpha value is -2.60. The van der Waals surface area contributed by atoms with Gasteiger partial charge in [0.05, 0.1) is 24.5 Å². The number of halogens is 3. The maximum absolute atomic E-state index is 12.8. The normalized spacial score (nSPS) is 16.6. The molecule has 188 valence electrons. The highest BCUT2D eigenvalue weighted by molar-refractivity contribution is 7.90. The first kappa shape index (κ1) is 25.5. The lowest BCUT2D eigenvalue weighted by molar-refractivity contribution is -0.137. The molecule has 0 aliphatic carbocycles. The molecule has 0 amide bonds. The van der Waals surface area contributed by atoms with E-state index in [0.29, 0.717) is 31.3 Å². The van der Waals surface area contributed by atoms with Gasteiger partial charge in [-0.15, -0.1) is 4.72 Å². The minimum atomic E-state index is -4.41. The van der Waals surface area contributed by atoms with Crippen molar-refractivity contribution in [2.24, 2.45) is 0 Å². The van der Waals surface area contributed by atoms with E-state index in [4.69, 9.17) is 9.47 Å². The third-order valence-electron chi connectivity index (χ3n) is 5.57. The number of ether oxygens (including phenoxy) is 2. The number of benzene rings is 1. The molecule has 0 spiro atoms. The second kappa shape index (κ2) is 9.45. The van der Waals surface area contributed by atoms with Gasteiger partial charge in [0.25, 0.3) is 0 Å². The van der Waals surface area contributed by atoms with Crippen LogP contribution in [-0.2, 0) is 34.4 Å². The standard InChI is InChI=1S/C24H27F3N4O3S/c1-5-31-21(34-19-8-6-17(7-9-19)24(25,26)27)11-20(29-31)16-10-18(13-28-12-16)23(14-33-15-23)30-35(32)22(2,3)4/h6-13,30H,5,14-15H2,1-4H3. The summed E-state index contributed by atoms with van der Waals surface area (Å²) in [4.78, 5) is 4.37. The molecule has 1 atom stereocenters. The highest BCUT2D eigenvalue weighted by atomic mass is 32.2. The molecule has 0 radical (unpaired) electrons. The second-order valence-corrected chi connectivity index (χ2v) is 11.3. The van der Waals surface area contributed by atoms with Crippen LogP contribution in [0.25, 0.3) is 11.3 Å². The predicted octanol–water partition coefficient (Wildman–Crippen LogP) is 5.05. The molecule has 1 N–H and O–H groups in total. The van der Waals surface area contributed by atoms with E-state index in [-0.39, 0.29) is 5.75 Å². The zero-order chi connectivity index (χ0) is 25.4. The third kappa shape index (κ3) is 5.48. The van der Waals surface area contributed by atoms with Gasteiger partial charge >= 0.3 is 6.18 Å². The monoisotopic (exact) mass is 508 g/mol. The van der Waals surface area contributed by atoms with E-state index in [0.717, 1.165) is 23.3 Å². The molecule has 1 aromatic carbocycles. The molecule has 3 aromatic rings. The Labute approximate surface area is 205 Å². The quantitative estimate of drug-likeness (QED) is 0.450. The fourth-order valence-electron chi connectivity index (χ4n) is 3.45. The van der Waals surface area contributed by atoms with Crippen molar-refractivity contribution < 1.29 is 27.2 Å². The van der Waals surface area contributed by atoms with Gasteiger partial charge in [0, 0.05) is 47.5 Å². The van der Waals surface area contributed by atoms with Gasteiger partial charge in [0.15, 0.2) is 0 Å². The van der Waals surface area contributed by atoms with Crippen molar-refractivity contribution in [1.29, 1.82) is 0 Å². The van der Waals surface area contributed by atoms with Crippen LogP contribution < -0.4 is 9.46 Å². The molecule has 1 fully saturated rings. The molecular formula is C24H27F3N4O3S. The van der Waals surface area contributed by atoms with Gasteiger partial charge in [0.2, 0.25) is 5.88 Å². The molecule has 1 saturated heterocycles. The predicted molar refractivity (Wildman–Crippen MR) is 126 cm³/mol. The van der Waals surface area contributed by atoms with Gasteiger partial charge in [-0.25, -0.2) is 4.68 Å². The van der Waals surface area contributed by atoms with E-state index in [9.17, 15) is 17.7 Å². The highest BCUT2D eigenvalue weighted by Crippen LogP contribution is 2.35. The van der Waals surface area contributed by atoms with Crippen LogP contribution in [0.1, 0.15) is 38.8 Å². The molecule has 7 nitrogen and oxygen atoms in total. The molecule has 11 heteroatoms. The van der Waals surface area contributed by atoms with E-state index in [1.807, 2.05) is 33.8 Å². The van der Waals surface area contributed by atoms with E-state index in [1.54, 1.807) is 23.1 Å². The van der Waals surface area contributed by atoms with Gasteiger partial charge < -0.3 is 14.0 Å². The number of rotatable bonds is 7.